The summed E-state index contributed by atoms with van der Waals surface area (Å²) in [4.78, 5) is 16.6. The molecule has 1 saturated heterocycles. The molecule has 1 atom stereocenters. The Bertz CT molecular complexity index is 247. The number of amides is 1. The molecule has 1 aliphatic rings. The van der Waals surface area contributed by atoms with E-state index >= 15 is 0 Å². The summed E-state index contributed by atoms with van der Waals surface area (Å²) in [7, 11) is 4.05. The average Bonchev–Trinajstić information content (AvgIpc) is 2.16. The summed E-state index contributed by atoms with van der Waals surface area (Å²) in [5, 5.41) is 3.17. The van der Waals surface area contributed by atoms with Crippen LogP contribution in [0.2, 0.25) is 0 Å². The number of piperazine rings is 1. The van der Waals surface area contributed by atoms with Gasteiger partial charge in [0.05, 0.1) is 6.04 Å². The highest BCUT2D eigenvalue weighted by Crippen LogP contribution is 2.20. The van der Waals surface area contributed by atoms with Gasteiger partial charge in [-0.2, -0.15) is 0 Å². The van der Waals surface area contributed by atoms with Gasteiger partial charge in [0.25, 0.3) is 0 Å². The molecule has 1 heterocycles. The molecule has 0 saturated carbocycles. The van der Waals surface area contributed by atoms with E-state index in [2.05, 4.69) is 17.3 Å². The van der Waals surface area contributed by atoms with Gasteiger partial charge in [0.2, 0.25) is 5.91 Å². The third-order valence-electron chi connectivity index (χ3n) is 3.03. The summed E-state index contributed by atoms with van der Waals surface area (Å²) >= 11 is 0. The van der Waals surface area contributed by atoms with Gasteiger partial charge in [-0.15, -0.1) is 0 Å². The zero-order valence-electron chi connectivity index (χ0n) is 11.2. The van der Waals surface area contributed by atoms with E-state index in [1.807, 2.05) is 32.7 Å². The van der Waals surface area contributed by atoms with Crippen molar-refractivity contribution in [3.8, 4) is 0 Å². The third kappa shape index (κ3) is 3.19. The van der Waals surface area contributed by atoms with Crippen LogP contribution in [0.1, 0.15) is 20.8 Å². The van der Waals surface area contributed by atoms with Crippen LogP contribution >= 0.6 is 0 Å². The van der Waals surface area contributed by atoms with Crippen molar-refractivity contribution >= 4 is 5.91 Å². The molecule has 0 spiro atoms. The van der Waals surface area contributed by atoms with Gasteiger partial charge in [0.1, 0.15) is 0 Å². The van der Waals surface area contributed by atoms with E-state index in [1.165, 1.54) is 0 Å². The van der Waals surface area contributed by atoms with Crippen LogP contribution in [0, 0.1) is 5.41 Å². The van der Waals surface area contributed by atoms with Crippen LogP contribution in [0.25, 0.3) is 0 Å². The van der Waals surface area contributed by atoms with E-state index in [-0.39, 0.29) is 11.3 Å². The maximum atomic E-state index is 12.3. The van der Waals surface area contributed by atoms with Crippen LogP contribution in [-0.2, 0) is 4.79 Å². The fraction of sp³-hybridized carbons (Fsp3) is 0.917. The van der Waals surface area contributed by atoms with Gasteiger partial charge < -0.3 is 15.1 Å². The summed E-state index contributed by atoms with van der Waals surface area (Å²) < 4.78 is 0. The molecular formula is C12H25N3O. The van der Waals surface area contributed by atoms with Gasteiger partial charge in [-0.3, -0.25) is 4.79 Å². The first-order chi connectivity index (χ1) is 7.36. The van der Waals surface area contributed by atoms with E-state index in [4.69, 9.17) is 0 Å². The molecule has 4 nitrogen and oxygen atoms in total. The predicted molar refractivity (Wildman–Crippen MR) is 66.4 cm³/mol. The number of carbonyl (C=O) groups is 1. The van der Waals surface area contributed by atoms with E-state index in [9.17, 15) is 4.79 Å². The number of carbonyl (C=O) groups excluding carboxylic acids is 1. The first-order valence-electron chi connectivity index (χ1n) is 6.00. The van der Waals surface area contributed by atoms with E-state index < -0.39 is 0 Å². The SMILES string of the molecule is CNCC1CN(C)CCN1C(=O)C(C)(C)C. The maximum Gasteiger partial charge on any atom is 0.228 e. The van der Waals surface area contributed by atoms with E-state index in [0.717, 1.165) is 26.2 Å². The van der Waals surface area contributed by atoms with Crippen molar-refractivity contribution in [2.45, 2.75) is 26.8 Å². The maximum absolute atomic E-state index is 12.3. The second-order valence-electron chi connectivity index (χ2n) is 5.72. The van der Waals surface area contributed by atoms with Gasteiger partial charge in [0, 0.05) is 31.6 Å². The van der Waals surface area contributed by atoms with Gasteiger partial charge in [-0.1, -0.05) is 20.8 Å². The summed E-state index contributed by atoms with van der Waals surface area (Å²) in [5.41, 5.74) is -0.276. The molecule has 1 aliphatic heterocycles. The molecule has 1 N–H and O–H groups in total. The quantitative estimate of drug-likeness (QED) is 0.741. The van der Waals surface area contributed by atoms with Crippen LogP contribution in [0.15, 0.2) is 0 Å². The van der Waals surface area contributed by atoms with Crippen LogP contribution in [0.5, 0.6) is 0 Å². The fourth-order valence-electron chi connectivity index (χ4n) is 2.12. The molecule has 1 amide bonds. The molecule has 0 radical (unpaired) electrons. The Labute approximate surface area is 99.0 Å². The minimum Gasteiger partial charge on any atom is -0.335 e. The molecule has 1 unspecified atom stereocenters. The molecule has 0 aromatic rings. The lowest BCUT2D eigenvalue weighted by atomic mass is 9.93. The van der Waals surface area contributed by atoms with Gasteiger partial charge in [-0.05, 0) is 14.1 Å². The number of rotatable bonds is 2. The van der Waals surface area contributed by atoms with Crippen molar-refractivity contribution in [3.05, 3.63) is 0 Å². The fourth-order valence-corrected chi connectivity index (χ4v) is 2.12. The summed E-state index contributed by atoms with van der Waals surface area (Å²) in [5.74, 6) is 0.265. The lowest BCUT2D eigenvalue weighted by Gasteiger charge is -2.42. The average molecular weight is 227 g/mol. The van der Waals surface area contributed by atoms with Crippen molar-refractivity contribution < 1.29 is 4.79 Å². The largest absolute Gasteiger partial charge is 0.335 e. The summed E-state index contributed by atoms with van der Waals surface area (Å²) in [6.07, 6.45) is 0. The monoisotopic (exact) mass is 227 g/mol. The standard InChI is InChI=1S/C12H25N3O/c1-12(2,3)11(16)15-7-6-14(5)9-10(15)8-13-4/h10,13H,6-9H2,1-5H3. The van der Waals surface area contributed by atoms with Gasteiger partial charge in [0.15, 0.2) is 0 Å². The number of nitrogens with zero attached hydrogens (tertiary/aromatic N) is 2. The molecule has 4 heteroatoms. The highest BCUT2D eigenvalue weighted by atomic mass is 16.2. The first kappa shape index (κ1) is 13.5. The van der Waals surface area contributed by atoms with Crippen LogP contribution in [0.3, 0.4) is 0 Å². The van der Waals surface area contributed by atoms with Crippen LogP contribution in [-0.4, -0.2) is 62.0 Å². The second-order valence-corrected chi connectivity index (χ2v) is 5.72. The number of nitrogens with one attached hydrogen (secondary N) is 1. The topological polar surface area (TPSA) is 35.6 Å². The van der Waals surface area contributed by atoms with Crippen LogP contribution < -0.4 is 5.32 Å². The molecular weight excluding hydrogens is 202 g/mol. The zero-order valence-corrected chi connectivity index (χ0v) is 11.2. The van der Waals surface area contributed by atoms with Crippen molar-refractivity contribution in [1.82, 2.24) is 15.1 Å². The highest BCUT2D eigenvalue weighted by Gasteiger charge is 2.34. The van der Waals surface area contributed by atoms with Crippen molar-refractivity contribution in [3.63, 3.8) is 0 Å². The molecule has 1 rings (SSSR count). The van der Waals surface area contributed by atoms with Crippen molar-refractivity contribution in [2.24, 2.45) is 5.41 Å². The van der Waals surface area contributed by atoms with Crippen molar-refractivity contribution in [1.29, 1.82) is 0 Å². The van der Waals surface area contributed by atoms with Crippen molar-refractivity contribution in [2.75, 3.05) is 40.3 Å². The Morgan fingerprint density at radius 3 is 2.50 bits per heavy atom. The molecule has 0 bridgehead atoms. The molecule has 0 aromatic carbocycles. The number of likely N-dealkylation sites (N-methyl/N-ethyl adjacent to an activating group) is 2. The predicted octanol–water partition coefficient (Wildman–Crippen LogP) is 0.394. The normalized spacial score (nSPS) is 23.6. The molecule has 94 valence electrons. The number of hydrogen-bond donors (Lipinski definition) is 1. The number of hydrogen-bond acceptors (Lipinski definition) is 3. The Morgan fingerprint density at radius 2 is 2.00 bits per heavy atom. The minimum atomic E-state index is -0.276. The molecule has 0 aromatic heterocycles. The smallest absolute Gasteiger partial charge is 0.228 e. The Hall–Kier alpha value is -0.610. The summed E-state index contributed by atoms with van der Waals surface area (Å²) in [6, 6.07) is 0.301. The second kappa shape index (κ2) is 5.15. The minimum absolute atomic E-state index is 0.265. The third-order valence-corrected chi connectivity index (χ3v) is 3.03. The Morgan fingerprint density at radius 1 is 1.38 bits per heavy atom. The highest BCUT2D eigenvalue weighted by molar-refractivity contribution is 5.82. The zero-order chi connectivity index (χ0) is 12.3. The lowest BCUT2D eigenvalue weighted by molar-refractivity contribution is -0.144. The first-order valence-corrected chi connectivity index (χ1v) is 6.00. The van der Waals surface area contributed by atoms with E-state index in [0.29, 0.717) is 6.04 Å². The molecule has 16 heavy (non-hydrogen) atoms. The Kier molecular flexibility index (Phi) is 4.33. The van der Waals surface area contributed by atoms with Gasteiger partial charge >= 0.3 is 0 Å². The summed E-state index contributed by atoms with van der Waals surface area (Å²) in [6.45, 7) is 9.62. The molecule has 1 fully saturated rings. The lowest BCUT2D eigenvalue weighted by Crippen LogP contribution is -2.59. The van der Waals surface area contributed by atoms with Gasteiger partial charge in [-0.25, -0.2) is 0 Å². The Balaban J connectivity index is 2.72. The van der Waals surface area contributed by atoms with E-state index in [1.54, 1.807) is 0 Å². The molecule has 0 aliphatic carbocycles. The van der Waals surface area contributed by atoms with Crippen LogP contribution in [0.4, 0.5) is 0 Å².